The molecule has 0 N–H and O–H groups in total. The Bertz CT molecular complexity index is 969. The van der Waals surface area contributed by atoms with Gasteiger partial charge in [0.05, 0.1) is 19.7 Å². The molecule has 1 atom stereocenters. The lowest BCUT2D eigenvalue weighted by atomic mass is 10.1. The van der Waals surface area contributed by atoms with Gasteiger partial charge in [0.2, 0.25) is 0 Å². The van der Waals surface area contributed by atoms with E-state index in [4.69, 9.17) is 21.1 Å². The van der Waals surface area contributed by atoms with Gasteiger partial charge in [0.15, 0.2) is 11.5 Å². The van der Waals surface area contributed by atoms with Crippen LogP contribution < -0.4 is 14.4 Å². The van der Waals surface area contributed by atoms with Crippen LogP contribution in [-0.2, 0) is 0 Å². The fourth-order valence-electron chi connectivity index (χ4n) is 3.39. The number of aromatic nitrogens is 2. The number of ether oxygens (including phenoxy) is 2. The minimum absolute atomic E-state index is 0.303. The van der Waals surface area contributed by atoms with Crippen molar-refractivity contribution in [2.45, 2.75) is 5.25 Å². The van der Waals surface area contributed by atoms with Crippen molar-refractivity contribution < 1.29 is 9.47 Å². The Morgan fingerprint density at radius 1 is 1.11 bits per heavy atom. The first-order chi connectivity index (χ1) is 13.2. The van der Waals surface area contributed by atoms with Crippen LogP contribution in [0.15, 0.2) is 42.7 Å². The summed E-state index contributed by atoms with van der Waals surface area (Å²) in [6.07, 6.45) is 1.61. The number of halogens is 1. The van der Waals surface area contributed by atoms with Crippen LogP contribution in [0, 0.1) is 0 Å². The summed E-state index contributed by atoms with van der Waals surface area (Å²) in [5, 5.41) is 2.08. The summed E-state index contributed by atoms with van der Waals surface area (Å²) in [4.78, 5) is 11.3. The van der Waals surface area contributed by atoms with Crippen LogP contribution in [0.2, 0.25) is 5.02 Å². The Labute approximate surface area is 167 Å². The van der Waals surface area contributed by atoms with E-state index in [1.807, 2.05) is 42.1 Å². The van der Waals surface area contributed by atoms with Crippen molar-refractivity contribution in [3.8, 4) is 11.5 Å². The number of nitrogens with zero attached hydrogens (tertiary/aromatic N) is 3. The number of benzene rings is 2. The lowest BCUT2D eigenvalue weighted by Crippen LogP contribution is -2.35. The van der Waals surface area contributed by atoms with Crippen molar-refractivity contribution in [2.24, 2.45) is 0 Å². The van der Waals surface area contributed by atoms with Gasteiger partial charge in [0.1, 0.15) is 12.1 Å². The molecular weight excluding hydrogens is 382 g/mol. The molecule has 1 unspecified atom stereocenters. The van der Waals surface area contributed by atoms with Gasteiger partial charge in [-0.25, -0.2) is 9.97 Å². The second-order valence-electron chi connectivity index (χ2n) is 6.25. The number of hydrogen-bond donors (Lipinski definition) is 0. The SMILES string of the molecule is COc1cc2ncnc(N3CCSC(c4ccccc4Cl)C3)c2cc1OC. The summed E-state index contributed by atoms with van der Waals surface area (Å²) in [5.41, 5.74) is 2.01. The highest BCUT2D eigenvalue weighted by molar-refractivity contribution is 7.99. The molecule has 0 saturated carbocycles. The molecule has 7 heteroatoms. The van der Waals surface area contributed by atoms with Crippen molar-refractivity contribution >= 4 is 40.1 Å². The van der Waals surface area contributed by atoms with Crippen LogP contribution in [-0.4, -0.2) is 43.0 Å². The third-order valence-electron chi connectivity index (χ3n) is 4.74. The molecule has 140 valence electrons. The highest BCUT2D eigenvalue weighted by Crippen LogP contribution is 2.40. The van der Waals surface area contributed by atoms with E-state index in [0.717, 1.165) is 40.6 Å². The molecule has 0 radical (unpaired) electrons. The summed E-state index contributed by atoms with van der Waals surface area (Å²) in [5.74, 6) is 3.26. The Morgan fingerprint density at radius 2 is 1.89 bits per heavy atom. The first-order valence-electron chi connectivity index (χ1n) is 8.69. The number of rotatable bonds is 4. The number of anilines is 1. The highest BCUT2D eigenvalue weighted by atomic mass is 35.5. The molecule has 1 aliphatic rings. The van der Waals surface area contributed by atoms with Crippen molar-refractivity contribution in [3.63, 3.8) is 0 Å². The van der Waals surface area contributed by atoms with E-state index in [0.29, 0.717) is 16.7 Å². The van der Waals surface area contributed by atoms with Gasteiger partial charge in [-0.05, 0) is 17.7 Å². The van der Waals surface area contributed by atoms with Gasteiger partial charge in [0, 0.05) is 40.6 Å². The van der Waals surface area contributed by atoms with Crippen molar-refractivity contribution in [1.82, 2.24) is 9.97 Å². The van der Waals surface area contributed by atoms with E-state index in [2.05, 4.69) is 20.9 Å². The molecule has 0 amide bonds. The second kappa shape index (κ2) is 7.82. The van der Waals surface area contributed by atoms with E-state index in [9.17, 15) is 0 Å². The molecule has 1 fully saturated rings. The monoisotopic (exact) mass is 401 g/mol. The zero-order chi connectivity index (χ0) is 18.8. The van der Waals surface area contributed by atoms with E-state index in [1.165, 1.54) is 5.56 Å². The van der Waals surface area contributed by atoms with Crippen LogP contribution in [0.5, 0.6) is 11.5 Å². The van der Waals surface area contributed by atoms with Crippen LogP contribution in [0.4, 0.5) is 5.82 Å². The first kappa shape index (κ1) is 18.2. The van der Waals surface area contributed by atoms with Crippen LogP contribution in [0.25, 0.3) is 10.9 Å². The minimum atomic E-state index is 0.303. The van der Waals surface area contributed by atoms with E-state index in [1.54, 1.807) is 20.5 Å². The molecule has 2 aromatic carbocycles. The smallest absolute Gasteiger partial charge is 0.162 e. The fraction of sp³-hybridized carbons (Fsp3) is 0.300. The van der Waals surface area contributed by atoms with Crippen molar-refractivity contribution in [1.29, 1.82) is 0 Å². The molecule has 2 heterocycles. The van der Waals surface area contributed by atoms with Crippen molar-refractivity contribution in [2.75, 3.05) is 38.0 Å². The zero-order valence-electron chi connectivity index (χ0n) is 15.2. The first-order valence-corrected chi connectivity index (χ1v) is 10.1. The van der Waals surface area contributed by atoms with Gasteiger partial charge in [-0.15, -0.1) is 0 Å². The fourth-order valence-corrected chi connectivity index (χ4v) is 5.00. The Hall–Kier alpha value is -2.18. The van der Waals surface area contributed by atoms with Crippen LogP contribution >= 0.6 is 23.4 Å². The summed E-state index contributed by atoms with van der Waals surface area (Å²) < 4.78 is 10.9. The molecule has 0 aliphatic carbocycles. The number of hydrogen-bond acceptors (Lipinski definition) is 6. The topological polar surface area (TPSA) is 47.5 Å². The molecule has 27 heavy (non-hydrogen) atoms. The minimum Gasteiger partial charge on any atom is -0.493 e. The maximum absolute atomic E-state index is 6.43. The molecule has 0 bridgehead atoms. The normalized spacial score (nSPS) is 17.1. The molecule has 1 saturated heterocycles. The summed E-state index contributed by atoms with van der Waals surface area (Å²) in [7, 11) is 3.26. The predicted molar refractivity (Wildman–Crippen MR) is 112 cm³/mol. The molecule has 3 aromatic rings. The van der Waals surface area contributed by atoms with Gasteiger partial charge in [-0.2, -0.15) is 11.8 Å². The molecule has 1 aliphatic heterocycles. The summed E-state index contributed by atoms with van der Waals surface area (Å²) in [6.45, 7) is 1.76. The largest absolute Gasteiger partial charge is 0.493 e. The maximum atomic E-state index is 6.43. The van der Waals surface area contributed by atoms with E-state index < -0.39 is 0 Å². The highest BCUT2D eigenvalue weighted by Gasteiger charge is 2.26. The molecule has 1 aromatic heterocycles. The van der Waals surface area contributed by atoms with Crippen molar-refractivity contribution in [3.05, 3.63) is 53.3 Å². The maximum Gasteiger partial charge on any atom is 0.162 e. The predicted octanol–water partition coefficient (Wildman–Crippen LogP) is 4.59. The van der Waals surface area contributed by atoms with Gasteiger partial charge in [0.25, 0.3) is 0 Å². The van der Waals surface area contributed by atoms with Crippen LogP contribution in [0.3, 0.4) is 0 Å². The molecular formula is C20H20ClN3O2S. The zero-order valence-corrected chi connectivity index (χ0v) is 16.8. The Kier molecular flexibility index (Phi) is 5.27. The third kappa shape index (κ3) is 3.51. The number of methoxy groups -OCH3 is 2. The molecule has 4 rings (SSSR count). The molecule has 5 nitrogen and oxygen atoms in total. The average Bonchev–Trinajstić information content (AvgIpc) is 2.72. The van der Waals surface area contributed by atoms with Gasteiger partial charge >= 0.3 is 0 Å². The second-order valence-corrected chi connectivity index (χ2v) is 7.97. The van der Waals surface area contributed by atoms with Crippen LogP contribution in [0.1, 0.15) is 10.8 Å². The Morgan fingerprint density at radius 3 is 2.67 bits per heavy atom. The van der Waals surface area contributed by atoms with Gasteiger partial charge in [-0.1, -0.05) is 29.8 Å². The van der Waals surface area contributed by atoms with E-state index in [-0.39, 0.29) is 0 Å². The molecule has 0 spiro atoms. The standard InChI is InChI=1S/C20H20ClN3O2S/c1-25-17-9-14-16(10-18(17)26-2)22-12-23-20(14)24-7-8-27-19(11-24)13-5-3-4-6-15(13)21/h3-6,9-10,12,19H,7-8,11H2,1-2H3. The van der Waals surface area contributed by atoms with E-state index >= 15 is 0 Å². The van der Waals surface area contributed by atoms with Gasteiger partial charge in [-0.3, -0.25) is 0 Å². The lowest BCUT2D eigenvalue weighted by molar-refractivity contribution is 0.356. The number of fused-ring (bicyclic) bond motifs is 1. The Balaban J connectivity index is 1.72. The average molecular weight is 402 g/mol. The van der Waals surface area contributed by atoms with Gasteiger partial charge < -0.3 is 14.4 Å². The third-order valence-corrected chi connectivity index (χ3v) is 6.31. The summed E-state index contributed by atoms with van der Waals surface area (Å²) in [6, 6.07) is 11.9. The quantitative estimate of drug-likeness (QED) is 0.637. The lowest BCUT2D eigenvalue weighted by Gasteiger charge is -2.34. The summed E-state index contributed by atoms with van der Waals surface area (Å²) >= 11 is 8.37. The number of thioether (sulfide) groups is 1.